The van der Waals surface area contributed by atoms with E-state index >= 15 is 0 Å². The van der Waals surface area contributed by atoms with Gasteiger partial charge in [0.2, 0.25) is 5.91 Å². The average molecular weight is 250 g/mol. The summed E-state index contributed by atoms with van der Waals surface area (Å²) in [7, 11) is 0. The molecule has 1 saturated heterocycles. The standard InChI is InChI=1S/C13H18N2OS/c1-7-3-4-9(5-8(7)2)10-6-17-13(15)11(10)12(14)16/h3-5,10-11,13H,6,15H2,1-2H3,(H2,14,16). The van der Waals surface area contributed by atoms with Crippen LogP contribution >= 0.6 is 11.8 Å². The fraction of sp³-hybridized carbons (Fsp3) is 0.462. The predicted molar refractivity (Wildman–Crippen MR) is 71.8 cm³/mol. The highest BCUT2D eigenvalue weighted by Gasteiger charge is 2.39. The molecule has 1 aliphatic rings. The summed E-state index contributed by atoms with van der Waals surface area (Å²) in [6.45, 7) is 4.17. The van der Waals surface area contributed by atoms with Crippen molar-refractivity contribution < 1.29 is 4.79 Å². The zero-order chi connectivity index (χ0) is 12.6. The van der Waals surface area contributed by atoms with Crippen LogP contribution in [0.1, 0.15) is 22.6 Å². The van der Waals surface area contributed by atoms with E-state index in [1.54, 1.807) is 11.8 Å². The lowest BCUT2D eigenvalue weighted by Gasteiger charge is -2.19. The summed E-state index contributed by atoms with van der Waals surface area (Å²) in [6.07, 6.45) is 0. The number of carbonyl (C=O) groups excluding carboxylic acids is 1. The molecule has 1 aliphatic heterocycles. The zero-order valence-electron chi connectivity index (χ0n) is 10.1. The first-order valence-electron chi connectivity index (χ1n) is 5.74. The Bertz CT molecular complexity index is 447. The molecule has 0 saturated carbocycles. The maximum atomic E-state index is 11.5. The van der Waals surface area contributed by atoms with Crippen LogP contribution in [-0.4, -0.2) is 17.0 Å². The Labute approximate surface area is 106 Å². The Hall–Kier alpha value is -1.00. The molecule has 1 fully saturated rings. The van der Waals surface area contributed by atoms with Crippen molar-refractivity contribution in [1.82, 2.24) is 0 Å². The Morgan fingerprint density at radius 2 is 2.06 bits per heavy atom. The number of thioether (sulfide) groups is 1. The van der Waals surface area contributed by atoms with Gasteiger partial charge in [0.1, 0.15) is 0 Å². The van der Waals surface area contributed by atoms with Gasteiger partial charge in [0.25, 0.3) is 0 Å². The quantitative estimate of drug-likeness (QED) is 0.836. The second-order valence-electron chi connectivity index (χ2n) is 4.68. The molecule has 0 spiro atoms. The molecule has 4 N–H and O–H groups in total. The lowest BCUT2D eigenvalue weighted by molar-refractivity contribution is -0.122. The highest BCUT2D eigenvalue weighted by molar-refractivity contribution is 8.00. The molecule has 2 rings (SSSR count). The van der Waals surface area contributed by atoms with Crippen molar-refractivity contribution in [3.63, 3.8) is 0 Å². The van der Waals surface area contributed by atoms with Gasteiger partial charge in [-0.25, -0.2) is 0 Å². The van der Waals surface area contributed by atoms with E-state index in [-0.39, 0.29) is 23.1 Å². The van der Waals surface area contributed by atoms with Gasteiger partial charge in [-0.15, -0.1) is 11.8 Å². The smallest absolute Gasteiger partial charge is 0.223 e. The molecule has 1 amide bonds. The van der Waals surface area contributed by atoms with E-state index in [4.69, 9.17) is 11.5 Å². The van der Waals surface area contributed by atoms with E-state index in [0.29, 0.717) is 0 Å². The molecule has 1 aromatic carbocycles. The second kappa shape index (κ2) is 4.70. The number of hydrogen-bond donors (Lipinski definition) is 2. The van der Waals surface area contributed by atoms with Crippen LogP contribution in [0.4, 0.5) is 0 Å². The summed E-state index contributed by atoms with van der Waals surface area (Å²) in [4.78, 5) is 11.5. The lowest BCUT2D eigenvalue weighted by atomic mass is 9.86. The van der Waals surface area contributed by atoms with Crippen LogP contribution < -0.4 is 11.5 Å². The predicted octanol–water partition coefficient (Wildman–Crippen LogP) is 1.52. The molecule has 1 aromatic rings. The van der Waals surface area contributed by atoms with Gasteiger partial charge in [0, 0.05) is 11.7 Å². The second-order valence-corrected chi connectivity index (χ2v) is 5.89. The fourth-order valence-electron chi connectivity index (χ4n) is 2.31. The maximum Gasteiger partial charge on any atom is 0.223 e. The van der Waals surface area contributed by atoms with Gasteiger partial charge in [-0.1, -0.05) is 18.2 Å². The fourth-order valence-corrected chi connectivity index (χ4v) is 3.67. The van der Waals surface area contributed by atoms with Gasteiger partial charge in [0.05, 0.1) is 11.3 Å². The van der Waals surface area contributed by atoms with E-state index in [1.807, 2.05) is 0 Å². The molecule has 0 radical (unpaired) electrons. The van der Waals surface area contributed by atoms with Crippen molar-refractivity contribution in [2.24, 2.45) is 17.4 Å². The van der Waals surface area contributed by atoms with Crippen molar-refractivity contribution in [2.75, 3.05) is 5.75 Å². The zero-order valence-corrected chi connectivity index (χ0v) is 11.0. The van der Waals surface area contributed by atoms with Crippen molar-refractivity contribution in [2.45, 2.75) is 25.1 Å². The third-order valence-electron chi connectivity index (χ3n) is 3.54. The van der Waals surface area contributed by atoms with Crippen LogP contribution in [0.5, 0.6) is 0 Å². The Morgan fingerprint density at radius 3 is 2.65 bits per heavy atom. The molecule has 3 nitrogen and oxygen atoms in total. The van der Waals surface area contributed by atoms with E-state index in [1.165, 1.54) is 16.7 Å². The largest absolute Gasteiger partial charge is 0.369 e. The molecular formula is C13H18N2OS. The van der Waals surface area contributed by atoms with Crippen LogP contribution in [0.3, 0.4) is 0 Å². The molecular weight excluding hydrogens is 232 g/mol. The molecule has 0 aromatic heterocycles. The highest BCUT2D eigenvalue weighted by Crippen LogP contribution is 2.41. The van der Waals surface area contributed by atoms with Crippen LogP contribution in [0, 0.1) is 19.8 Å². The summed E-state index contributed by atoms with van der Waals surface area (Å²) in [6, 6.07) is 6.33. The number of carbonyl (C=O) groups is 1. The lowest BCUT2D eigenvalue weighted by Crippen LogP contribution is -2.36. The number of amides is 1. The first kappa shape index (κ1) is 12.5. The van der Waals surface area contributed by atoms with Gasteiger partial charge in [-0.2, -0.15) is 0 Å². The molecule has 3 unspecified atom stereocenters. The molecule has 3 atom stereocenters. The highest BCUT2D eigenvalue weighted by atomic mass is 32.2. The number of nitrogens with two attached hydrogens (primary N) is 2. The summed E-state index contributed by atoms with van der Waals surface area (Å²) in [5.41, 5.74) is 15.1. The number of primary amides is 1. The molecule has 92 valence electrons. The number of hydrogen-bond acceptors (Lipinski definition) is 3. The number of rotatable bonds is 2. The third-order valence-corrected chi connectivity index (χ3v) is 4.77. The monoisotopic (exact) mass is 250 g/mol. The number of benzene rings is 1. The van der Waals surface area contributed by atoms with Crippen LogP contribution in [0.25, 0.3) is 0 Å². The Balaban J connectivity index is 2.32. The third kappa shape index (κ3) is 2.33. The topological polar surface area (TPSA) is 69.1 Å². The van der Waals surface area contributed by atoms with Crippen LogP contribution in [0.15, 0.2) is 18.2 Å². The average Bonchev–Trinajstić information content (AvgIpc) is 2.64. The van der Waals surface area contributed by atoms with Gasteiger partial charge >= 0.3 is 0 Å². The summed E-state index contributed by atoms with van der Waals surface area (Å²) < 4.78 is 0. The van der Waals surface area contributed by atoms with Crippen molar-refractivity contribution in [3.8, 4) is 0 Å². The normalized spacial score (nSPS) is 28.3. The summed E-state index contributed by atoms with van der Waals surface area (Å²) in [5.74, 6) is 0.497. The Morgan fingerprint density at radius 1 is 1.35 bits per heavy atom. The van der Waals surface area contributed by atoms with Gasteiger partial charge in [-0.05, 0) is 30.5 Å². The van der Waals surface area contributed by atoms with Crippen molar-refractivity contribution in [1.29, 1.82) is 0 Å². The SMILES string of the molecule is Cc1ccc(C2CSC(N)C2C(N)=O)cc1C. The van der Waals surface area contributed by atoms with Gasteiger partial charge < -0.3 is 11.5 Å². The summed E-state index contributed by atoms with van der Waals surface area (Å²) >= 11 is 1.62. The summed E-state index contributed by atoms with van der Waals surface area (Å²) in [5, 5.41) is -0.167. The van der Waals surface area contributed by atoms with Crippen LogP contribution in [-0.2, 0) is 4.79 Å². The van der Waals surface area contributed by atoms with Gasteiger partial charge in [-0.3, -0.25) is 4.79 Å². The minimum absolute atomic E-state index is 0.159. The minimum atomic E-state index is -0.286. The minimum Gasteiger partial charge on any atom is -0.369 e. The molecule has 4 heteroatoms. The van der Waals surface area contributed by atoms with Gasteiger partial charge in [0.15, 0.2) is 0 Å². The van der Waals surface area contributed by atoms with E-state index < -0.39 is 0 Å². The van der Waals surface area contributed by atoms with Crippen molar-refractivity contribution >= 4 is 17.7 Å². The maximum absolute atomic E-state index is 11.5. The first-order valence-corrected chi connectivity index (χ1v) is 6.79. The molecule has 17 heavy (non-hydrogen) atoms. The van der Waals surface area contributed by atoms with E-state index in [9.17, 15) is 4.79 Å². The van der Waals surface area contributed by atoms with E-state index in [2.05, 4.69) is 32.0 Å². The Kier molecular flexibility index (Phi) is 3.45. The van der Waals surface area contributed by atoms with Crippen LogP contribution in [0.2, 0.25) is 0 Å². The molecule has 0 bridgehead atoms. The van der Waals surface area contributed by atoms with E-state index in [0.717, 1.165) is 5.75 Å². The first-order chi connectivity index (χ1) is 8.00. The number of aryl methyl sites for hydroxylation is 2. The van der Waals surface area contributed by atoms with Crippen molar-refractivity contribution in [3.05, 3.63) is 34.9 Å². The molecule has 1 heterocycles. The molecule has 0 aliphatic carbocycles.